The first-order valence-electron chi connectivity index (χ1n) is 10.1. The van der Waals surface area contributed by atoms with Crippen LogP contribution in [0.4, 0.5) is 11.4 Å². The highest BCUT2D eigenvalue weighted by Gasteiger charge is 2.12. The van der Waals surface area contributed by atoms with Crippen LogP contribution in [0.2, 0.25) is 0 Å². The summed E-state index contributed by atoms with van der Waals surface area (Å²) < 4.78 is 10.5. The van der Waals surface area contributed by atoms with Gasteiger partial charge < -0.3 is 20.1 Å². The van der Waals surface area contributed by atoms with E-state index in [1.807, 2.05) is 6.92 Å². The third kappa shape index (κ3) is 6.52. The van der Waals surface area contributed by atoms with Crippen molar-refractivity contribution in [3.8, 4) is 11.5 Å². The maximum absolute atomic E-state index is 12.6. The zero-order chi connectivity index (χ0) is 22.9. The summed E-state index contributed by atoms with van der Waals surface area (Å²) in [5, 5.41) is 5.69. The maximum Gasteiger partial charge on any atom is 0.255 e. The van der Waals surface area contributed by atoms with E-state index in [0.717, 1.165) is 4.90 Å². The Morgan fingerprint density at radius 1 is 0.875 bits per heavy atom. The summed E-state index contributed by atoms with van der Waals surface area (Å²) in [6, 6.07) is 20.2. The highest BCUT2D eigenvalue weighted by molar-refractivity contribution is 7.99. The van der Waals surface area contributed by atoms with Gasteiger partial charge in [0.2, 0.25) is 5.91 Å². The Balaban J connectivity index is 1.52. The van der Waals surface area contributed by atoms with Gasteiger partial charge in [-0.05, 0) is 55.5 Å². The van der Waals surface area contributed by atoms with E-state index in [1.165, 1.54) is 12.7 Å². The highest BCUT2D eigenvalue weighted by atomic mass is 32.2. The van der Waals surface area contributed by atoms with E-state index in [4.69, 9.17) is 9.47 Å². The molecule has 3 aromatic rings. The number of amides is 2. The molecule has 0 aliphatic carbocycles. The summed E-state index contributed by atoms with van der Waals surface area (Å²) >= 11 is 1.65. The number of methoxy groups -OCH3 is 2. The summed E-state index contributed by atoms with van der Waals surface area (Å²) in [7, 11) is 3.09. The average Bonchev–Trinajstić information content (AvgIpc) is 2.80. The lowest BCUT2D eigenvalue weighted by molar-refractivity contribution is -0.115. The lowest BCUT2D eigenvalue weighted by Crippen LogP contribution is -2.14. The molecule has 3 rings (SSSR count). The topological polar surface area (TPSA) is 76.7 Å². The number of hydrogen-bond donors (Lipinski definition) is 2. The van der Waals surface area contributed by atoms with Gasteiger partial charge in [-0.3, -0.25) is 9.59 Å². The van der Waals surface area contributed by atoms with Gasteiger partial charge in [-0.15, -0.1) is 11.8 Å². The van der Waals surface area contributed by atoms with Crippen LogP contribution in [0.1, 0.15) is 22.3 Å². The molecule has 0 spiro atoms. The number of carbonyl (C=O) groups excluding carboxylic acids is 2. The Hall–Kier alpha value is -3.45. The normalized spacial score (nSPS) is 10.3. The van der Waals surface area contributed by atoms with E-state index < -0.39 is 0 Å². The number of anilines is 2. The predicted octanol–water partition coefficient (Wildman–Crippen LogP) is 5.39. The third-order valence-corrected chi connectivity index (χ3v) is 5.72. The molecule has 2 N–H and O–H groups in total. The Bertz CT molecular complexity index is 1070. The van der Waals surface area contributed by atoms with Crippen molar-refractivity contribution in [3.63, 3.8) is 0 Å². The summed E-state index contributed by atoms with van der Waals surface area (Å²) in [4.78, 5) is 26.0. The minimum Gasteiger partial charge on any atom is -0.497 e. The van der Waals surface area contributed by atoms with Crippen molar-refractivity contribution < 1.29 is 19.1 Å². The molecule has 0 radical (unpaired) electrons. The molecule has 0 heterocycles. The number of rotatable bonds is 9. The van der Waals surface area contributed by atoms with E-state index >= 15 is 0 Å². The van der Waals surface area contributed by atoms with Crippen molar-refractivity contribution in [2.75, 3.05) is 30.6 Å². The first-order valence-corrected chi connectivity index (χ1v) is 11.1. The Morgan fingerprint density at radius 2 is 1.59 bits per heavy atom. The Kier molecular flexibility index (Phi) is 8.16. The standard InChI is InChI=1S/C25H26N2O4S/c1-17-4-11-21(12-5-17)32-15-14-24(28)26-19-8-6-18(7-9-19)25(29)27-22-16-20(30-2)10-13-23(22)31-3/h4-13,16H,14-15H2,1-3H3,(H,26,28)(H,27,29). The molecule has 2 amide bonds. The summed E-state index contributed by atoms with van der Waals surface area (Å²) in [6.45, 7) is 2.05. The minimum absolute atomic E-state index is 0.0667. The van der Waals surface area contributed by atoms with Crippen LogP contribution in [-0.2, 0) is 4.79 Å². The molecule has 0 atom stereocenters. The van der Waals surface area contributed by atoms with Crippen molar-refractivity contribution in [3.05, 3.63) is 77.9 Å². The monoisotopic (exact) mass is 450 g/mol. The van der Waals surface area contributed by atoms with Gasteiger partial charge in [0.05, 0.1) is 19.9 Å². The van der Waals surface area contributed by atoms with Crippen LogP contribution in [0.15, 0.2) is 71.6 Å². The molecule has 0 saturated heterocycles. The smallest absolute Gasteiger partial charge is 0.255 e. The van der Waals surface area contributed by atoms with E-state index in [-0.39, 0.29) is 11.8 Å². The van der Waals surface area contributed by atoms with Gasteiger partial charge in [-0.2, -0.15) is 0 Å². The molecule has 6 nitrogen and oxygen atoms in total. The van der Waals surface area contributed by atoms with Crippen LogP contribution in [0, 0.1) is 6.92 Å². The second-order valence-electron chi connectivity index (χ2n) is 7.06. The molecule has 0 aliphatic heterocycles. The molecule has 0 bridgehead atoms. The van der Waals surface area contributed by atoms with Crippen molar-refractivity contribution >= 4 is 35.0 Å². The number of carbonyl (C=O) groups is 2. The minimum atomic E-state index is -0.288. The van der Waals surface area contributed by atoms with E-state index in [1.54, 1.807) is 61.3 Å². The predicted molar refractivity (Wildman–Crippen MR) is 129 cm³/mol. The van der Waals surface area contributed by atoms with Crippen LogP contribution < -0.4 is 20.1 Å². The molecular formula is C25H26N2O4S. The van der Waals surface area contributed by atoms with Crippen molar-refractivity contribution in [1.29, 1.82) is 0 Å². The molecule has 3 aromatic carbocycles. The molecule has 0 unspecified atom stereocenters. The number of nitrogens with one attached hydrogen (secondary N) is 2. The molecule has 166 valence electrons. The van der Waals surface area contributed by atoms with Crippen molar-refractivity contribution in [2.24, 2.45) is 0 Å². The first-order chi connectivity index (χ1) is 15.5. The molecule has 32 heavy (non-hydrogen) atoms. The SMILES string of the molecule is COc1ccc(OC)c(NC(=O)c2ccc(NC(=O)CCSc3ccc(C)cc3)cc2)c1. The fourth-order valence-electron chi connectivity index (χ4n) is 2.93. The van der Waals surface area contributed by atoms with Crippen LogP contribution in [0.25, 0.3) is 0 Å². The largest absolute Gasteiger partial charge is 0.497 e. The van der Waals surface area contributed by atoms with Gasteiger partial charge in [-0.25, -0.2) is 0 Å². The second-order valence-corrected chi connectivity index (χ2v) is 8.23. The lowest BCUT2D eigenvalue weighted by Gasteiger charge is -2.12. The van der Waals surface area contributed by atoms with Crippen LogP contribution in [0.5, 0.6) is 11.5 Å². The van der Waals surface area contributed by atoms with Gasteiger partial charge in [0, 0.05) is 34.4 Å². The van der Waals surface area contributed by atoms with E-state index in [2.05, 4.69) is 34.9 Å². The van der Waals surface area contributed by atoms with Crippen molar-refractivity contribution in [1.82, 2.24) is 0 Å². The highest BCUT2D eigenvalue weighted by Crippen LogP contribution is 2.29. The molecule has 0 aromatic heterocycles. The average molecular weight is 451 g/mol. The quantitative estimate of drug-likeness (QED) is 0.428. The zero-order valence-corrected chi connectivity index (χ0v) is 19.1. The number of ether oxygens (including phenoxy) is 2. The van der Waals surface area contributed by atoms with Crippen LogP contribution in [-0.4, -0.2) is 31.8 Å². The molecule has 0 aliphatic rings. The lowest BCUT2D eigenvalue weighted by atomic mass is 10.1. The third-order valence-electron chi connectivity index (χ3n) is 4.70. The number of aryl methyl sites for hydroxylation is 1. The molecule has 0 saturated carbocycles. The van der Waals surface area contributed by atoms with E-state index in [9.17, 15) is 9.59 Å². The molecule has 0 fully saturated rings. The second kappa shape index (κ2) is 11.2. The summed E-state index contributed by atoms with van der Waals surface area (Å²) in [6.07, 6.45) is 0.399. The van der Waals surface area contributed by atoms with Gasteiger partial charge >= 0.3 is 0 Å². The molecule has 7 heteroatoms. The number of thioether (sulfide) groups is 1. The zero-order valence-electron chi connectivity index (χ0n) is 18.3. The van der Waals surface area contributed by atoms with E-state index in [0.29, 0.717) is 40.6 Å². The van der Waals surface area contributed by atoms with Gasteiger partial charge in [0.25, 0.3) is 5.91 Å². The van der Waals surface area contributed by atoms with Crippen LogP contribution >= 0.6 is 11.8 Å². The van der Waals surface area contributed by atoms with Crippen molar-refractivity contribution in [2.45, 2.75) is 18.2 Å². The Morgan fingerprint density at radius 3 is 2.25 bits per heavy atom. The fourth-order valence-corrected chi connectivity index (χ4v) is 3.78. The first kappa shape index (κ1) is 23.2. The molecular weight excluding hydrogens is 424 g/mol. The van der Waals surface area contributed by atoms with Gasteiger partial charge in [0.1, 0.15) is 11.5 Å². The summed E-state index contributed by atoms with van der Waals surface area (Å²) in [5.41, 5.74) is 2.83. The Labute approximate surface area is 192 Å². The number of hydrogen-bond acceptors (Lipinski definition) is 5. The number of benzene rings is 3. The summed E-state index contributed by atoms with van der Waals surface area (Å²) in [5.74, 6) is 1.48. The van der Waals surface area contributed by atoms with Gasteiger partial charge in [-0.1, -0.05) is 17.7 Å². The van der Waals surface area contributed by atoms with Crippen LogP contribution in [0.3, 0.4) is 0 Å². The maximum atomic E-state index is 12.6. The van der Waals surface area contributed by atoms with Gasteiger partial charge in [0.15, 0.2) is 0 Å². The fraction of sp³-hybridized carbons (Fsp3) is 0.200.